The van der Waals surface area contributed by atoms with Crippen LogP contribution >= 0.6 is 17.0 Å². The molecule has 0 nitrogen and oxygen atoms in total. The van der Waals surface area contributed by atoms with E-state index < -0.39 is 21.5 Å². The standard InChI is InChI=1S/2C24H29.C2H7Si.2ClH.Zr/c2*1-7-16(2)19-14-18-12-13-22(24(4,5)6)23(21(18)15-19)20-11-9-8-10-17(20)3;1-3-2;;;/h2*8-16H,7H2,1-6H3;3H,1-2H3;2*1H;/q;;;;;+2/p-2. The molecule has 0 heterocycles. The summed E-state index contributed by atoms with van der Waals surface area (Å²) in [5.74, 6) is -1.02. The topological polar surface area (TPSA) is 0 Å². The van der Waals surface area contributed by atoms with E-state index in [0.717, 1.165) is 12.8 Å². The summed E-state index contributed by atoms with van der Waals surface area (Å²) in [5, 5.41) is 0. The average molecular weight is 856 g/mol. The van der Waals surface area contributed by atoms with E-state index in [0.29, 0.717) is 11.8 Å². The Morgan fingerprint density at radius 3 is 1.24 bits per heavy atom. The number of benzene rings is 4. The van der Waals surface area contributed by atoms with Crippen molar-refractivity contribution in [2.24, 2.45) is 11.8 Å². The van der Waals surface area contributed by atoms with Gasteiger partial charge >= 0.3 is 340 Å². The predicted molar refractivity (Wildman–Crippen MR) is 242 cm³/mol. The summed E-state index contributed by atoms with van der Waals surface area (Å²) in [6.07, 6.45) is 7.29. The van der Waals surface area contributed by atoms with Crippen LogP contribution in [0.2, 0.25) is 13.1 Å². The van der Waals surface area contributed by atoms with Crippen molar-refractivity contribution in [2.45, 2.75) is 127 Å². The van der Waals surface area contributed by atoms with Crippen LogP contribution in [-0.2, 0) is 26.4 Å². The first kappa shape index (κ1) is 41.7. The molecule has 4 aromatic rings. The van der Waals surface area contributed by atoms with Crippen molar-refractivity contribution >= 4 is 35.1 Å². The van der Waals surface area contributed by atoms with Gasteiger partial charge in [-0.2, -0.15) is 0 Å². The summed E-state index contributed by atoms with van der Waals surface area (Å²) in [6, 6.07) is 27.7. The Morgan fingerprint density at radius 1 is 0.593 bits per heavy atom. The summed E-state index contributed by atoms with van der Waals surface area (Å²) in [6.45, 7) is 33.2. The number of hydrogen-bond donors (Lipinski definition) is 0. The second-order valence-corrected chi connectivity index (χ2v) is 61.8. The summed E-state index contributed by atoms with van der Waals surface area (Å²) >= 11 is -5.08. The molecule has 0 bridgehead atoms. The Kier molecular flexibility index (Phi) is 11.4. The van der Waals surface area contributed by atoms with E-state index in [1.54, 1.807) is 0 Å². The van der Waals surface area contributed by atoms with Gasteiger partial charge in [0.1, 0.15) is 0 Å². The van der Waals surface area contributed by atoms with Crippen LogP contribution < -0.4 is 0 Å². The molecule has 287 valence electrons. The molecule has 0 saturated carbocycles. The molecule has 0 saturated heterocycles. The number of halogens is 2. The SMILES string of the molecule is CCC(C)C1=Cc2c(ccc(C(C)(C)C)c2-c2ccccc2C)[CH]1[Zr]([Cl])([Cl])([CH]1C(C(C)CC)=Cc2c1ccc(C(C)(C)C)c2-c1ccccc1C)[SiH](C)C. The van der Waals surface area contributed by atoms with Crippen molar-refractivity contribution in [1.82, 2.24) is 0 Å². The molecular formula is C50H65Cl2SiZr. The second kappa shape index (κ2) is 14.8. The van der Waals surface area contributed by atoms with E-state index in [1.165, 1.54) is 77.9 Å². The molecule has 4 atom stereocenters. The molecule has 0 fully saturated rings. The zero-order valence-electron chi connectivity index (χ0n) is 35.6. The Balaban J connectivity index is 1.74. The van der Waals surface area contributed by atoms with Crippen molar-refractivity contribution in [2.75, 3.05) is 0 Å². The molecule has 4 heteroatoms. The van der Waals surface area contributed by atoms with Crippen LogP contribution in [0.3, 0.4) is 0 Å². The van der Waals surface area contributed by atoms with Gasteiger partial charge in [-0.3, -0.25) is 0 Å². The molecular weight excluding hydrogens is 791 g/mol. The van der Waals surface area contributed by atoms with Crippen LogP contribution in [0.25, 0.3) is 34.4 Å². The number of allylic oxidation sites excluding steroid dienone is 2. The quantitative estimate of drug-likeness (QED) is 0.147. The molecule has 0 aromatic heterocycles. The molecule has 0 amide bonds. The van der Waals surface area contributed by atoms with E-state index >= 15 is 0 Å². The summed E-state index contributed by atoms with van der Waals surface area (Å²) in [4.78, 5) is 0. The van der Waals surface area contributed by atoms with Gasteiger partial charge in [-0.1, -0.05) is 0 Å². The first-order chi connectivity index (χ1) is 25.2. The predicted octanol–water partition coefficient (Wildman–Crippen LogP) is 15.9. The fourth-order valence-electron chi connectivity index (χ4n) is 9.87. The van der Waals surface area contributed by atoms with Crippen molar-refractivity contribution in [3.8, 4) is 22.3 Å². The number of hydrogen-bond acceptors (Lipinski definition) is 0. The van der Waals surface area contributed by atoms with Crippen LogP contribution in [0, 0.1) is 25.7 Å². The molecule has 6 rings (SSSR count). The van der Waals surface area contributed by atoms with Gasteiger partial charge in [-0.05, 0) is 0 Å². The minimum atomic E-state index is -5.08. The Morgan fingerprint density at radius 2 is 0.944 bits per heavy atom. The zero-order chi connectivity index (χ0) is 39.7. The molecule has 2 aliphatic carbocycles. The second-order valence-electron chi connectivity index (χ2n) is 19.3. The number of rotatable bonds is 9. The Bertz CT molecular complexity index is 2010. The van der Waals surface area contributed by atoms with E-state index in [2.05, 4.69) is 181 Å². The number of aryl methyl sites for hydroxylation is 2. The number of fused-ring (bicyclic) bond motifs is 2. The third-order valence-electron chi connectivity index (χ3n) is 13.5. The maximum absolute atomic E-state index is 9.06. The van der Waals surface area contributed by atoms with Gasteiger partial charge in [0, 0.05) is 0 Å². The Labute approximate surface area is 337 Å². The monoisotopic (exact) mass is 853 g/mol. The first-order valence-corrected chi connectivity index (χ1v) is 37.0. The van der Waals surface area contributed by atoms with Crippen molar-refractivity contribution < 1.29 is 15.6 Å². The van der Waals surface area contributed by atoms with E-state index in [1.807, 2.05) is 0 Å². The van der Waals surface area contributed by atoms with Crippen LogP contribution in [0.1, 0.15) is 134 Å². The van der Waals surface area contributed by atoms with Gasteiger partial charge < -0.3 is 0 Å². The molecule has 0 N–H and O–H groups in total. The average Bonchev–Trinajstić information content (AvgIpc) is 3.71. The summed E-state index contributed by atoms with van der Waals surface area (Å²) < 4.78 is 0.103. The van der Waals surface area contributed by atoms with Gasteiger partial charge in [-0.25, -0.2) is 0 Å². The molecule has 54 heavy (non-hydrogen) atoms. The van der Waals surface area contributed by atoms with Crippen molar-refractivity contribution in [1.29, 1.82) is 0 Å². The molecule has 2 aliphatic rings. The summed E-state index contributed by atoms with van der Waals surface area (Å²) in [7, 11) is 18.1. The van der Waals surface area contributed by atoms with Gasteiger partial charge in [-0.15, -0.1) is 0 Å². The molecule has 4 aromatic carbocycles. The van der Waals surface area contributed by atoms with Crippen LogP contribution in [0.4, 0.5) is 0 Å². The van der Waals surface area contributed by atoms with Crippen LogP contribution in [0.5, 0.6) is 0 Å². The van der Waals surface area contributed by atoms with Crippen LogP contribution in [0.15, 0.2) is 83.9 Å². The van der Waals surface area contributed by atoms with Gasteiger partial charge in [0.25, 0.3) is 0 Å². The fourth-order valence-corrected chi connectivity index (χ4v) is 41.1. The molecule has 0 spiro atoms. The van der Waals surface area contributed by atoms with Gasteiger partial charge in [0.2, 0.25) is 0 Å². The molecule has 0 aliphatic heterocycles. The van der Waals surface area contributed by atoms with E-state index in [4.69, 9.17) is 17.0 Å². The van der Waals surface area contributed by atoms with Crippen molar-refractivity contribution in [3.05, 3.63) is 128 Å². The third-order valence-corrected chi connectivity index (χ3v) is 65.1. The minimum absolute atomic E-state index is 0.0323. The molecule has 4 unspecified atom stereocenters. The van der Waals surface area contributed by atoms with Gasteiger partial charge in [0.15, 0.2) is 0 Å². The first-order valence-electron chi connectivity index (χ1n) is 20.6. The normalized spacial score (nSPS) is 19.2. The van der Waals surface area contributed by atoms with Gasteiger partial charge in [0.05, 0.1) is 0 Å². The summed E-state index contributed by atoms with van der Waals surface area (Å²) in [5.41, 5.74) is 19.2. The molecule has 0 radical (unpaired) electrons. The Hall–Kier alpha value is -1.96. The van der Waals surface area contributed by atoms with Crippen molar-refractivity contribution in [3.63, 3.8) is 0 Å². The van der Waals surface area contributed by atoms with E-state index in [9.17, 15) is 0 Å². The van der Waals surface area contributed by atoms with Crippen LogP contribution in [-0.4, -0.2) is 5.92 Å². The third kappa shape index (κ3) is 6.70. The zero-order valence-corrected chi connectivity index (χ0v) is 40.8. The fraction of sp³-hybridized carbons (Fsp3) is 0.440. The van der Waals surface area contributed by atoms with E-state index in [-0.39, 0.29) is 18.1 Å². The maximum atomic E-state index is 9.06.